The number of methoxy groups -OCH3 is 1. The van der Waals surface area contributed by atoms with E-state index in [4.69, 9.17) is 4.74 Å². The summed E-state index contributed by atoms with van der Waals surface area (Å²) in [5, 5.41) is 21.6. The van der Waals surface area contributed by atoms with Crippen molar-refractivity contribution in [2.75, 3.05) is 12.4 Å². The van der Waals surface area contributed by atoms with Crippen LogP contribution in [-0.4, -0.2) is 17.3 Å². The van der Waals surface area contributed by atoms with Crippen molar-refractivity contribution in [3.05, 3.63) is 59.3 Å². The molecule has 0 aliphatic heterocycles. The van der Waals surface area contributed by atoms with Gasteiger partial charge in [0, 0.05) is 11.9 Å². The summed E-state index contributed by atoms with van der Waals surface area (Å²) in [4.78, 5) is 0. The zero-order valence-corrected chi connectivity index (χ0v) is 13.0. The molecular weight excluding hydrogens is 288 g/mol. The van der Waals surface area contributed by atoms with Gasteiger partial charge in [-0.1, -0.05) is 23.8 Å². The first-order valence-electron chi connectivity index (χ1n) is 7.25. The summed E-state index contributed by atoms with van der Waals surface area (Å²) in [5.74, 6) is 0.818. The minimum absolute atomic E-state index is 0.302. The predicted octanol–water partition coefficient (Wildman–Crippen LogP) is 3.43. The highest BCUT2D eigenvalue weighted by molar-refractivity contribution is 5.93. The summed E-state index contributed by atoms with van der Waals surface area (Å²) in [5.41, 5.74) is 4.00. The van der Waals surface area contributed by atoms with Crippen LogP contribution in [0.4, 0.5) is 5.69 Å². The van der Waals surface area contributed by atoms with E-state index in [1.54, 1.807) is 7.11 Å². The fourth-order valence-electron chi connectivity index (χ4n) is 2.41. The van der Waals surface area contributed by atoms with Crippen LogP contribution in [0.15, 0.2) is 42.5 Å². The molecule has 1 heterocycles. The Morgan fingerprint density at radius 3 is 2.61 bits per heavy atom. The Morgan fingerprint density at radius 1 is 1.13 bits per heavy atom. The first-order chi connectivity index (χ1) is 11.2. The van der Waals surface area contributed by atoms with Gasteiger partial charge in [-0.15, -0.1) is 10.2 Å². The van der Waals surface area contributed by atoms with Gasteiger partial charge in [-0.3, -0.25) is 0 Å². The van der Waals surface area contributed by atoms with Gasteiger partial charge in [-0.2, -0.15) is 5.26 Å². The Hall–Kier alpha value is -3.13. The number of anilines is 1. The molecule has 1 aromatic heterocycles. The summed E-state index contributed by atoms with van der Waals surface area (Å²) in [7, 11) is 1.64. The maximum absolute atomic E-state index is 9.30. The molecular formula is C18H16N4O. The maximum Gasteiger partial charge on any atom is 0.186 e. The number of rotatable bonds is 4. The normalized spacial score (nSPS) is 10.3. The zero-order valence-electron chi connectivity index (χ0n) is 13.0. The molecule has 0 amide bonds. The molecule has 0 radical (unpaired) electrons. The van der Waals surface area contributed by atoms with E-state index in [0.717, 1.165) is 33.5 Å². The van der Waals surface area contributed by atoms with Crippen LogP contribution >= 0.6 is 0 Å². The van der Waals surface area contributed by atoms with Crippen LogP contribution in [0.5, 0.6) is 5.75 Å². The Kier molecular flexibility index (Phi) is 4.07. The monoisotopic (exact) mass is 304 g/mol. The van der Waals surface area contributed by atoms with E-state index < -0.39 is 0 Å². The number of nitriles is 1. The SMILES string of the molecule is COc1ccc(CNc2c(C#N)nnc3ccc(C)cc23)cc1. The molecule has 0 saturated carbocycles. The number of ether oxygens (including phenoxy) is 1. The van der Waals surface area contributed by atoms with Crippen LogP contribution in [0.1, 0.15) is 16.8 Å². The number of nitrogens with one attached hydrogen (secondary N) is 1. The second-order valence-corrected chi connectivity index (χ2v) is 5.26. The van der Waals surface area contributed by atoms with E-state index in [9.17, 15) is 5.26 Å². The van der Waals surface area contributed by atoms with E-state index in [1.807, 2.05) is 49.4 Å². The van der Waals surface area contributed by atoms with E-state index in [0.29, 0.717) is 12.2 Å². The standard InChI is InChI=1S/C18H16N4O/c1-12-3-8-16-15(9-12)18(17(10-19)22-21-16)20-11-13-4-6-14(23-2)7-5-13/h3-9H,11H2,1-2H3,(H,20,21). The summed E-state index contributed by atoms with van der Waals surface area (Å²) in [6, 6.07) is 15.8. The molecule has 2 aromatic carbocycles. The number of nitrogens with zero attached hydrogens (tertiary/aromatic N) is 3. The van der Waals surface area contributed by atoms with Crippen molar-refractivity contribution in [2.45, 2.75) is 13.5 Å². The lowest BCUT2D eigenvalue weighted by molar-refractivity contribution is 0.414. The number of aromatic nitrogens is 2. The van der Waals surface area contributed by atoms with Crippen molar-refractivity contribution < 1.29 is 4.74 Å². The molecule has 0 aliphatic carbocycles. The van der Waals surface area contributed by atoms with Gasteiger partial charge in [-0.25, -0.2) is 0 Å². The van der Waals surface area contributed by atoms with Gasteiger partial charge in [0.2, 0.25) is 0 Å². The molecule has 0 fully saturated rings. The number of benzene rings is 2. The van der Waals surface area contributed by atoms with Crippen LogP contribution in [-0.2, 0) is 6.54 Å². The second kappa shape index (κ2) is 6.32. The van der Waals surface area contributed by atoms with Gasteiger partial charge in [-0.05, 0) is 36.8 Å². The van der Waals surface area contributed by atoms with Crippen LogP contribution < -0.4 is 10.1 Å². The average molecular weight is 304 g/mol. The van der Waals surface area contributed by atoms with E-state index in [1.165, 1.54) is 0 Å². The Labute approximate surface area is 134 Å². The average Bonchev–Trinajstić information content (AvgIpc) is 2.60. The summed E-state index contributed by atoms with van der Waals surface area (Å²) < 4.78 is 5.16. The highest BCUT2D eigenvalue weighted by atomic mass is 16.5. The quantitative estimate of drug-likeness (QED) is 0.799. The molecule has 23 heavy (non-hydrogen) atoms. The third-order valence-electron chi connectivity index (χ3n) is 3.65. The molecule has 3 rings (SSSR count). The largest absolute Gasteiger partial charge is 0.497 e. The minimum Gasteiger partial charge on any atom is -0.497 e. The lowest BCUT2D eigenvalue weighted by Crippen LogP contribution is -2.05. The van der Waals surface area contributed by atoms with Crippen molar-refractivity contribution in [1.29, 1.82) is 5.26 Å². The smallest absolute Gasteiger partial charge is 0.186 e. The third kappa shape index (κ3) is 3.06. The fraction of sp³-hybridized carbons (Fsp3) is 0.167. The third-order valence-corrected chi connectivity index (χ3v) is 3.65. The van der Waals surface area contributed by atoms with E-state index >= 15 is 0 Å². The highest BCUT2D eigenvalue weighted by Crippen LogP contribution is 2.25. The molecule has 0 aliphatic rings. The van der Waals surface area contributed by atoms with Gasteiger partial charge < -0.3 is 10.1 Å². The number of fused-ring (bicyclic) bond motifs is 1. The zero-order chi connectivity index (χ0) is 16.2. The molecule has 5 heteroatoms. The summed E-state index contributed by atoms with van der Waals surface area (Å²) in [6.45, 7) is 2.60. The predicted molar refractivity (Wildman–Crippen MR) is 89.3 cm³/mol. The van der Waals surface area contributed by atoms with Crippen LogP contribution in [0.2, 0.25) is 0 Å². The topological polar surface area (TPSA) is 70.8 Å². The van der Waals surface area contributed by atoms with Gasteiger partial charge in [0.05, 0.1) is 18.3 Å². The lowest BCUT2D eigenvalue weighted by atomic mass is 10.1. The summed E-state index contributed by atoms with van der Waals surface area (Å²) in [6.07, 6.45) is 0. The molecule has 3 aromatic rings. The van der Waals surface area contributed by atoms with Gasteiger partial charge >= 0.3 is 0 Å². The molecule has 0 unspecified atom stereocenters. The number of hydrogen-bond acceptors (Lipinski definition) is 5. The van der Waals surface area contributed by atoms with Crippen molar-refractivity contribution in [3.63, 3.8) is 0 Å². The minimum atomic E-state index is 0.302. The van der Waals surface area contributed by atoms with Crippen molar-refractivity contribution in [3.8, 4) is 11.8 Å². The van der Waals surface area contributed by atoms with Crippen molar-refractivity contribution in [2.24, 2.45) is 0 Å². The number of hydrogen-bond donors (Lipinski definition) is 1. The molecule has 114 valence electrons. The van der Waals surface area contributed by atoms with Crippen LogP contribution in [0, 0.1) is 18.3 Å². The fourth-order valence-corrected chi connectivity index (χ4v) is 2.41. The first-order valence-corrected chi connectivity index (χ1v) is 7.25. The van der Waals surface area contributed by atoms with Crippen LogP contribution in [0.25, 0.3) is 10.9 Å². The van der Waals surface area contributed by atoms with E-state index in [-0.39, 0.29) is 0 Å². The molecule has 0 saturated heterocycles. The van der Waals surface area contributed by atoms with Gasteiger partial charge in [0.1, 0.15) is 11.8 Å². The van der Waals surface area contributed by atoms with Gasteiger partial charge in [0.25, 0.3) is 0 Å². The molecule has 1 N–H and O–H groups in total. The Bertz CT molecular complexity index is 882. The first kappa shape index (κ1) is 14.8. The molecule has 5 nitrogen and oxygen atoms in total. The number of aryl methyl sites for hydroxylation is 1. The lowest BCUT2D eigenvalue weighted by Gasteiger charge is -2.11. The molecule has 0 bridgehead atoms. The molecule has 0 atom stereocenters. The molecule has 0 spiro atoms. The maximum atomic E-state index is 9.30. The second-order valence-electron chi connectivity index (χ2n) is 5.26. The van der Waals surface area contributed by atoms with Crippen molar-refractivity contribution in [1.82, 2.24) is 10.2 Å². The van der Waals surface area contributed by atoms with E-state index in [2.05, 4.69) is 21.6 Å². The van der Waals surface area contributed by atoms with Crippen LogP contribution in [0.3, 0.4) is 0 Å². The summed E-state index contributed by atoms with van der Waals surface area (Å²) >= 11 is 0. The van der Waals surface area contributed by atoms with Crippen molar-refractivity contribution >= 4 is 16.6 Å². The Balaban J connectivity index is 1.94. The van der Waals surface area contributed by atoms with Gasteiger partial charge in [0.15, 0.2) is 5.69 Å². The Morgan fingerprint density at radius 2 is 1.91 bits per heavy atom. The highest BCUT2D eigenvalue weighted by Gasteiger charge is 2.10.